The lowest BCUT2D eigenvalue weighted by Gasteiger charge is -2.10. The fraction of sp³-hybridized carbons (Fsp3) is 0.900. The van der Waals surface area contributed by atoms with Crippen LogP contribution in [0.5, 0.6) is 0 Å². The first-order valence-corrected chi connectivity index (χ1v) is 6.53. The Hall–Kier alpha value is -0.260. The van der Waals surface area contributed by atoms with E-state index in [4.69, 9.17) is 9.47 Å². The quantitative estimate of drug-likeness (QED) is 0.517. The third-order valence-corrected chi connectivity index (χ3v) is 3.30. The molecule has 0 aromatic heterocycles. The average Bonchev–Trinajstić information content (AvgIpc) is 2.70. The number of nitrogens with one attached hydrogen (secondary N) is 1. The number of ether oxygens (including phenoxy) is 2. The summed E-state index contributed by atoms with van der Waals surface area (Å²) in [6.07, 6.45) is 1.24. The molecule has 0 aromatic carbocycles. The molecule has 0 amide bonds. The fourth-order valence-electron chi connectivity index (χ4n) is 1.39. The number of hydrogen-bond acceptors (Lipinski definition) is 5. The van der Waals surface area contributed by atoms with Crippen LogP contribution in [-0.4, -0.2) is 49.9 Å². The van der Waals surface area contributed by atoms with Crippen LogP contribution in [0.1, 0.15) is 13.3 Å². The molecule has 1 aliphatic heterocycles. The van der Waals surface area contributed by atoms with Gasteiger partial charge in [0.05, 0.1) is 13.2 Å². The summed E-state index contributed by atoms with van der Waals surface area (Å²) in [4.78, 5) is 10.9. The lowest BCUT2D eigenvalue weighted by atomic mass is 10.3. The van der Waals surface area contributed by atoms with Crippen molar-refractivity contribution in [3.05, 3.63) is 0 Å². The number of thioether (sulfide) groups is 1. The van der Waals surface area contributed by atoms with Crippen molar-refractivity contribution in [2.24, 2.45) is 0 Å². The van der Waals surface area contributed by atoms with Crippen LogP contribution in [0.25, 0.3) is 0 Å². The van der Waals surface area contributed by atoms with Crippen molar-refractivity contribution in [1.29, 1.82) is 0 Å². The molecule has 1 unspecified atom stereocenters. The summed E-state index contributed by atoms with van der Waals surface area (Å²) < 4.78 is 9.90. The summed E-state index contributed by atoms with van der Waals surface area (Å²) in [5.74, 6) is 2.16. The number of carbonyl (C=O) groups is 1. The third-order valence-electron chi connectivity index (χ3n) is 2.13. The first-order chi connectivity index (χ1) is 7.33. The molecule has 1 rings (SSSR count). The minimum Gasteiger partial charge on any atom is -0.464 e. The molecule has 1 atom stereocenters. The number of carbonyl (C=O) groups excluding carboxylic acids is 1. The first kappa shape index (κ1) is 12.8. The summed E-state index contributed by atoms with van der Waals surface area (Å²) >= 11 is 1.98. The zero-order chi connectivity index (χ0) is 10.9. The summed E-state index contributed by atoms with van der Waals surface area (Å²) in [5.41, 5.74) is 0. The Balaban J connectivity index is 1.86. The monoisotopic (exact) mass is 233 g/mol. The van der Waals surface area contributed by atoms with E-state index in [9.17, 15) is 4.79 Å². The molecule has 88 valence electrons. The molecule has 5 heteroatoms. The maximum Gasteiger partial charge on any atom is 0.332 e. The molecule has 1 saturated heterocycles. The van der Waals surface area contributed by atoms with Gasteiger partial charge in [-0.3, -0.25) is 0 Å². The SMILES string of the molecule is CCOC(=O)COCCNC1CCSC1. The lowest BCUT2D eigenvalue weighted by molar-refractivity contribution is -0.148. The molecular weight excluding hydrogens is 214 g/mol. The Kier molecular flexibility index (Phi) is 6.80. The normalized spacial score (nSPS) is 20.5. The van der Waals surface area contributed by atoms with E-state index in [2.05, 4.69) is 5.32 Å². The molecule has 15 heavy (non-hydrogen) atoms. The van der Waals surface area contributed by atoms with Crippen LogP contribution in [-0.2, 0) is 14.3 Å². The Labute approximate surface area is 95.1 Å². The Morgan fingerprint density at radius 2 is 2.47 bits per heavy atom. The number of esters is 1. The van der Waals surface area contributed by atoms with Gasteiger partial charge < -0.3 is 14.8 Å². The Bertz CT molecular complexity index is 184. The van der Waals surface area contributed by atoms with E-state index in [0.29, 0.717) is 19.3 Å². The van der Waals surface area contributed by atoms with Crippen LogP contribution >= 0.6 is 11.8 Å². The van der Waals surface area contributed by atoms with E-state index in [-0.39, 0.29) is 12.6 Å². The maximum atomic E-state index is 10.9. The van der Waals surface area contributed by atoms with Crippen LogP contribution in [0.15, 0.2) is 0 Å². The second-order valence-corrected chi connectivity index (χ2v) is 4.52. The van der Waals surface area contributed by atoms with Crippen molar-refractivity contribution in [2.45, 2.75) is 19.4 Å². The molecule has 4 nitrogen and oxygen atoms in total. The van der Waals surface area contributed by atoms with Crippen LogP contribution in [0.3, 0.4) is 0 Å². The van der Waals surface area contributed by atoms with Crippen LogP contribution in [0.2, 0.25) is 0 Å². The van der Waals surface area contributed by atoms with Crippen LogP contribution < -0.4 is 5.32 Å². The molecule has 0 bridgehead atoms. The predicted molar refractivity (Wildman–Crippen MR) is 61.2 cm³/mol. The van der Waals surface area contributed by atoms with Gasteiger partial charge >= 0.3 is 5.97 Å². The van der Waals surface area contributed by atoms with Crippen molar-refractivity contribution in [3.8, 4) is 0 Å². The van der Waals surface area contributed by atoms with Gasteiger partial charge in [-0.05, 0) is 19.1 Å². The lowest BCUT2D eigenvalue weighted by Crippen LogP contribution is -2.32. The van der Waals surface area contributed by atoms with E-state index in [1.807, 2.05) is 11.8 Å². The standard InChI is InChI=1S/C10H19NO3S/c1-2-14-10(12)7-13-5-4-11-9-3-6-15-8-9/h9,11H,2-8H2,1H3. The van der Waals surface area contributed by atoms with Crippen molar-refractivity contribution in [2.75, 3.05) is 37.9 Å². The van der Waals surface area contributed by atoms with E-state index in [0.717, 1.165) is 6.54 Å². The highest BCUT2D eigenvalue weighted by Crippen LogP contribution is 2.16. The average molecular weight is 233 g/mol. The molecule has 1 heterocycles. The first-order valence-electron chi connectivity index (χ1n) is 5.37. The summed E-state index contributed by atoms with van der Waals surface area (Å²) in [6.45, 7) is 3.65. The van der Waals surface area contributed by atoms with Gasteiger partial charge in [-0.1, -0.05) is 0 Å². The third kappa shape index (κ3) is 6.02. The second kappa shape index (κ2) is 7.96. The molecule has 1 aliphatic rings. The summed E-state index contributed by atoms with van der Waals surface area (Å²) in [5, 5.41) is 3.39. The van der Waals surface area contributed by atoms with Gasteiger partial charge in [-0.25, -0.2) is 4.79 Å². The fourth-order valence-corrected chi connectivity index (χ4v) is 2.58. The van der Waals surface area contributed by atoms with Crippen molar-refractivity contribution in [3.63, 3.8) is 0 Å². The molecular formula is C10H19NO3S. The predicted octanol–water partition coefficient (Wildman–Crippen LogP) is 0.661. The van der Waals surface area contributed by atoms with E-state index in [1.54, 1.807) is 6.92 Å². The molecule has 0 saturated carbocycles. The van der Waals surface area contributed by atoms with E-state index in [1.165, 1.54) is 17.9 Å². The highest BCUT2D eigenvalue weighted by Gasteiger charge is 2.13. The smallest absolute Gasteiger partial charge is 0.332 e. The summed E-state index contributed by atoms with van der Waals surface area (Å²) in [7, 11) is 0. The highest BCUT2D eigenvalue weighted by atomic mass is 32.2. The largest absolute Gasteiger partial charge is 0.464 e. The minimum absolute atomic E-state index is 0.0644. The highest BCUT2D eigenvalue weighted by molar-refractivity contribution is 7.99. The van der Waals surface area contributed by atoms with Gasteiger partial charge in [0.15, 0.2) is 0 Å². The molecule has 0 radical (unpaired) electrons. The van der Waals surface area contributed by atoms with Crippen molar-refractivity contribution in [1.82, 2.24) is 5.32 Å². The van der Waals surface area contributed by atoms with Crippen LogP contribution in [0.4, 0.5) is 0 Å². The molecule has 0 aliphatic carbocycles. The van der Waals surface area contributed by atoms with Crippen LogP contribution in [0, 0.1) is 0 Å². The Morgan fingerprint density at radius 3 is 3.13 bits per heavy atom. The molecule has 1 N–H and O–H groups in total. The maximum absolute atomic E-state index is 10.9. The second-order valence-electron chi connectivity index (χ2n) is 3.37. The number of rotatable bonds is 7. The molecule has 0 spiro atoms. The zero-order valence-electron chi connectivity index (χ0n) is 9.16. The van der Waals surface area contributed by atoms with E-state index < -0.39 is 0 Å². The van der Waals surface area contributed by atoms with Crippen molar-refractivity contribution >= 4 is 17.7 Å². The summed E-state index contributed by atoms with van der Waals surface area (Å²) in [6, 6.07) is 0.626. The Morgan fingerprint density at radius 1 is 1.60 bits per heavy atom. The minimum atomic E-state index is -0.283. The zero-order valence-corrected chi connectivity index (χ0v) is 9.98. The molecule has 0 aromatic rings. The van der Waals surface area contributed by atoms with Gasteiger partial charge in [-0.2, -0.15) is 11.8 Å². The van der Waals surface area contributed by atoms with Gasteiger partial charge in [0.25, 0.3) is 0 Å². The van der Waals surface area contributed by atoms with E-state index >= 15 is 0 Å². The number of hydrogen-bond donors (Lipinski definition) is 1. The molecule has 1 fully saturated rings. The van der Waals surface area contributed by atoms with Gasteiger partial charge in [-0.15, -0.1) is 0 Å². The van der Waals surface area contributed by atoms with Crippen molar-refractivity contribution < 1.29 is 14.3 Å². The van der Waals surface area contributed by atoms with Gasteiger partial charge in [0.1, 0.15) is 6.61 Å². The topological polar surface area (TPSA) is 47.6 Å². The van der Waals surface area contributed by atoms with Gasteiger partial charge in [0.2, 0.25) is 0 Å². The van der Waals surface area contributed by atoms with Gasteiger partial charge in [0, 0.05) is 18.3 Å².